The Hall–Kier alpha value is -1.94. The number of carbonyl (C=O) groups is 2. The maximum Gasteiger partial charge on any atom is 0.226 e. The molecule has 38 heavy (non-hydrogen) atoms. The summed E-state index contributed by atoms with van der Waals surface area (Å²) in [6, 6.07) is 6.47. The molecular formula is C29H31F3O5S. The molecule has 9 heteroatoms. The van der Waals surface area contributed by atoms with Gasteiger partial charge in [0.15, 0.2) is 23.3 Å². The van der Waals surface area contributed by atoms with E-state index < -0.39 is 75.5 Å². The first kappa shape index (κ1) is 26.3. The van der Waals surface area contributed by atoms with Crippen LogP contribution in [0.1, 0.15) is 50.5 Å². The van der Waals surface area contributed by atoms with Crippen molar-refractivity contribution in [1.82, 2.24) is 0 Å². The highest BCUT2D eigenvalue weighted by atomic mass is 32.2. The highest BCUT2D eigenvalue weighted by Crippen LogP contribution is 2.73. The number of halogens is 3. The number of carbonyl (C=O) groups excluding carboxylic acids is 2. The Morgan fingerprint density at radius 1 is 1.21 bits per heavy atom. The van der Waals surface area contributed by atoms with Gasteiger partial charge in [0, 0.05) is 22.3 Å². The number of ketones is 1. The van der Waals surface area contributed by atoms with Gasteiger partial charge in [-0.25, -0.2) is 13.2 Å². The smallest absolute Gasteiger partial charge is 0.226 e. The minimum atomic E-state index is -2.28. The molecule has 1 heterocycles. The van der Waals surface area contributed by atoms with Gasteiger partial charge >= 0.3 is 0 Å². The van der Waals surface area contributed by atoms with Gasteiger partial charge in [0.05, 0.1) is 12.2 Å². The molecule has 1 aromatic carbocycles. The average molecular weight is 549 g/mol. The van der Waals surface area contributed by atoms with Crippen LogP contribution in [0.2, 0.25) is 0 Å². The Labute approximate surface area is 223 Å². The van der Waals surface area contributed by atoms with E-state index in [2.05, 4.69) is 0 Å². The van der Waals surface area contributed by atoms with Crippen LogP contribution in [0.15, 0.2) is 48.1 Å². The highest BCUT2D eigenvalue weighted by molar-refractivity contribution is 8.13. The van der Waals surface area contributed by atoms with Gasteiger partial charge in [0.2, 0.25) is 5.12 Å². The molecule has 0 spiro atoms. The quantitative estimate of drug-likeness (QED) is 0.556. The summed E-state index contributed by atoms with van der Waals surface area (Å²) in [5, 5.41) is 11.0. The normalized spacial score (nSPS) is 47.1. The van der Waals surface area contributed by atoms with E-state index in [0.29, 0.717) is 11.8 Å². The minimum Gasteiger partial charge on any atom is -0.390 e. The van der Waals surface area contributed by atoms with Crippen LogP contribution < -0.4 is 0 Å². The second kappa shape index (κ2) is 8.53. The molecule has 1 N–H and O–H groups in total. The van der Waals surface area contributed by atoms with Gasteiger partial charge in [0.1, 0.15) is 12.2 Å². The van der Waals surface area contributed by atoms with Crippen molar-refractivity contribution in [2.24, 2.45) is 22.7 Å². The maximum atomic E-state index is 17.4. The predicted octanol–water partition coefficient (Wildman–Crippen LogP) is 5.26. The van der Waals surface area contributed by atoms with E-state index in [9.17, 15) is 19.1 Å². The van der Waals surface area contributed by atoms with Crippen molar-refractivity contribution in [1.29, 1.82) is 0 Å². The minimum absolute atomic E-state index is 0.0375. The summed E-state index contributed by atoms with van der Waals surface area (Å²) in [5.41, 5.74) is -4.95. The standard InChI is InChI=1S/C29H31F3O5S/c1-15-6-4-5-7-17(15)24-36-23-12-18-19-11-21(31)20-10-16(33)8-9-26(20,2)28(19,32)22(34)13-27(18,3)29(23,37-24)25(35)38-14-30/h4-10,18-19,21-24,34H,11-14H2,1-3H3/t18-,19-,21-,22-,23+,24?,26-,27-,28-,29-/m0/s1. The Kier molecular flexibility index (Phi) is 5.90. The third kappa shape index (κ3) is 3.07. The van der Waals surface area contributed by atoms with Crippen LogP contribution in [-0.2, 0) is 19.1 Å². The van der Waals surface area contributed by atoms with Gasteiger partial charge in [-0.2, -0.15) is 0 Å². The van der Waals surface area contributed by atoms with Crippen molar-refractivity contribution in [3.63, 3.8) is 0 Å². The molecule has 0 bridgehead atoms. The average Bonchev–Trinajstić information content (AvgIpc) is 3.36. The Morgan fingerprint density at radius 2 is 1.95 bits per heavy atom. The third-order valence-electron chi connectivity index (χ3n) is 10.3. The number of benzene rings is 1. The molecule has 4 fully saturated rings. The zero-order valence-corrected chi connectivity index (χ0v) is 22.3. The van der Waals surface area contributed by atoms with Gasteiger partial charge < -0.3 is 14.6 Å². The zero-order chi connectivity index (χ0) is 27.3. The zero-order valence-electron chi connectivity index (χ0n) is 21.5. The lowest BCUT2D eigenvalue weighted by atomic mass is 9.44. The molecule has 1 aliphatic heterocycles. The van der Waals surface area contributed by atoms with Gasteiger partial charge in [-0.1, -0.05) is 49.0 Å². The van der Waals surface area contributed by atoms with E-state index >= 15 is 8.78 Å². The van der Waals surface area contributed by atoms with Gasteiger partial charge in [-0.15, -0.1) is 0 Å². The monoisotopic (exact) mass is 548 g/mol. The fraction of sp³-hybridized carbons (Fsp3) is 0.586. The van der Waals surface area contributed by atoms with Crippen molar-refractivity contribution in [3.05, 3.63) is 59.2 Å². The Morgan fingerprint density at radius 3 is 2.66 bits per heavy atom. The first-order chi connectivity index (χ1) is 17.9. The molecule has 0 aromatic heterocycles. The number of ether oxygens (including phenoxy) is 2. The molecular weight excluding hydrogens is 517 g/mol. The molecule has 1 unspecified atom stereocenters. The molecule has 5 aliphatic rings. The second-order valence-electron chi connectivity index (χ2n) is 11.8. The van der Waals surface area contributed by atoms with Crippen molar-refractivity contribution < 1.29 is 37.3 Å². The Balaban J connectivity index is 1.46. The van der Waals surface area contributed by atoms with E-state index in [0.717, 1.165) is 17.2 Å². The molecule has 10 atom stereocenters. The second-order valence-corrected chi connectivity index (χ2v) is 12.7. The van der Waals surface area contributed by atoms with Gasteiger partial charge in [-0.05, 0) is 62.3 Å². The fourth-order valence-electron chi connectivity index (χ4n) is 8.44. The van der Waals surface area contributed by atoms with Crippen LogP contribution in [0.5, 0.6) is 0 Å². The maximum absolute atomic E-state index is 17.4. The van der Waals surface area contributed by atoms with Crippen LogP contribution >= 0.6 is 11.8 Å². The number of hydrogen-bond acceptors (Lipinski definition) is 6. The van der Waals surface area contributed by atoms with E-state index in [1.807, 2.05) is 31.2 Å². The number of thioether (sulfide) groups is 1. The summed E-state index contributed by atoms with van der Waals surface area (Å²) >= 11 is 0.482. The molecule has 204 valence electrons. The molecule has 6 rings (SSSR count). The molecule has 3 saturated carbocycles. The number of hydrogen-bond donors (Lipinski definition) is 1. The highest BCUT2D eigenvalue weighted by Gasteiger charge is 2.80. The van der Waals surface area contributed by atoms with Gasteiger partial charge in [0.25, 0.3) is 0 Å². The lowest BCUT2D eigenvalue weighted by molar-refractivity contribution is -0.232. The molecule has 4 aliphatic carbocycles. The van der Waals surface area contributed by atoms with E-state index in [4.69, 9.17) is 9.47 Å². The van der Waals surface area contributed by atoms with Crippen LogP contribution in [0.4, 0.5) is 13.2 Å². The van der Waals surface area contributed by atoms with Crippen molar-refractivity contribution in [3.8, 4) is 0 Å². The summed E-state index contributed by atoms with van der Waals surface area (Å²) in [4.78, 5) is 25.8. The van der Waals surface area contributed by atoms with E-state index in [1.54, 1.807) is 6.92 Å². The number of fused-ring (bicyclic) bond motifs is 7. The van der Waals surface area contributed by atoms with Crippen molar-refractivity contribution in [2.45, 2.75) is 76.0 Å². The number of rotatable bonds is 3. The first-order valence-corrected chi connectivity index (χ1v) is 14.0. The number of allylic oxidation sites excluding steroid dienone is 4. The largest absolute Gasteiger partial charge is 0.390 e. The predicted molar refractivity (Wildman–Crippen MR) is 135 cm³/mol. The topological polar surface area (TPSA) is 72.8 Å². The molecule has 0 amide bonds. The molecule has 5 nitrogen and oxygen atoms in total. The summed E-state index contributed by atoms with van der Waals surface area (Å²) in [7, 11) is 0. The SMILES string of the molecule is Cc1ccccc1C1O[C@@H]2C[C@H]3[C@@H]4C[C@H](F)C5=CC(=O)C=C[C@]5(C)[C@@]4(F)[C@@H](O)C[C@]3(C)[C@]2(C(=O)SCF)O1. The van der Waals surface area contributed by atoms with Crippen LogP contribution in [0, 0.1) is 29.6 Å². The van der Waals surface area contributed by atoms with Crippen molar-refractivity contribution >= 4 is 22.7 Å². The third-order valence-corrected chi connectivity index (χ3v) is 11.0. The van der Waals surface area contributed by atoms with Gasteiger partial charge in [-0.3, -0.25) is 9.59 Å². The number of aliphatic hydroxyl groups is 1. The lowest BCUT2D eigenvalue weighted by Crippen LogP contribution is -2.70. The molecule has 1 aromatic rings. The summed E-state index contributed by atoms with van der Waals surface area (Å²) in [6.45, 7) is 5.19. The molecule has 1 saturated heterocycles. The van der Waals surface area contributed by atoms with E-state index in [-0.39, 0.29) is 24.8 Å². The molecule has 0 radical (unpaired) electrons. The summed E-state index contributed by atoms with van der Waals surface area (Å²) in [6.07, 6.45) is -1.35. The Bertz CT molecular complexity index is 1270. The summed E-state index contributed by atoms with van der Waals surface area (Å²) < 4.78 is 59.5. The van der Waals surface area contributed by atoms with Crippen LogP contribution in [0.25, 0.3) is 0 Å². The van der Waals surface area contributed by atoms with Crippen molar-refractivity contribution in [2.75, 3.05) is 6.01 Å². The first-order valence-electron chi connectivity index (χ1n) is 13.0. The number of aliphatic hydroxyl groups excluding tert-OH is 1. The fourth-order valence-corrected chi connectivity index (χ4v) is 9.17. The van der Waals surface area contributed by atoms with E-state index in [1.165, 1.54) is 19.1 Å². The number of alkyl halides is 3. The van der Waals surface area contributed by atoms with Crippen LogP contribution in [-0.4, -0.2) is 51.7 Å². The van der Waals surface area contributed by atoms with Crippen LogP contribution in [0.3, 0.4) is 0 Å². The lowest BCUT2D eigenvalue weighted by Gasteiger charge is -2.63. The summed E-state index contributed by atoms with van der Waals surface area (Å²) in [5.74, 6) is -1.99. The number of aryl methyl sites for hydroxylation is 1.